The molecule has 9 nitrogen and oxygen atoms in total. The van der Waals surface area contributed by atoms with Gasteiger partial charge < -0.3 is 25.5 Å². The number of amides is 1. The lowest BCUT2D eigenvalue weighted by Gasteiger charge is -2.13. The Labute approximate surface area is 179 Å². The molecule has 4 N–H and O–H groups in total. The summed E-state index contributed by atoms with van der Waals surface area (Å²) in [4.78, 5) is 25.0. The number of methoxy groups -OCH3 is 2. The van der Waals surface area contributed by atoms with Crippen LogP contribution in [0.25, 0.3) is 21.9 Å². The molecule has 0 fully saturated rings. The number of aromatic nitrogens is 4. The minimum atomic E-state index is -0.572. The monoisotopic (exact) mass is 420 g/mol. The lowest BCUT2D eigenvalue weighted by atomic mass is 10.0. The fourth-order valence-corrected chi connectivity index (χ4v) is 3.83. The number of imidazole rings is 1. The molecule has 9 heteroatoms. The summed E-state index contributed by atoms with van der Waals surface area (Å²) in [6.07, 6.45) is 4.09. The summed E-state index contributed by atoms with van der Waals surface area (Å²) in [7, 11) is 2.97. The number of benzene rings is 1. The molecule has 0 aliphatic heterocycles. The molecule has 4 aromatic rings. The molecule has 0 bridgehead atoms. The largest absolute Gasteiger partial charge is 0.481 e. The molecule has 3 aromatic heterocycles. The van der Waals surface area contributed by atoms with Gasteiger partial charge in [-0.15, -0.1) is 0 Å². The minimum absolute atomic E-state index is 0.178. The first kappa shape index (κ1) is 20.4. The first-order valence-electron chi connectivity index (χ1n) is 9.94. The first-order chi connectivity index (χ1) is 15.0. The second-order valence-corrected chi connectivity index (χ2v) is 7.18. The number of hydrogen-bond acceptors (Lipinski definition) is 7. The summed E-state index contributed by atoms with van der Waals surface area (Å²) in [5.41, 5.74) is 15.2. The van der Waals surface area contributed by atoms with Crippen molar-refractivity contribution in [3.63, 3.8) is 0 Å². The molecule has 0 saturated heterocycles. The molecule has 0 saturated carbocycles. The third-order valence-corrected chi connectivity index (χ3v) is 5.27. The maximum atomic E-state index is 12.0. The zero-order valence-corrected chi connectivity index (χ0v) is 17.5. The lowest BCUT2D eigenvalue weighted by Crippen LogP contribution is -2.16. The van der Waals surface area contributed by atoms with Crippen molar-refractivity contribution in [2.45, 2.75) is 25.8 Å². The fourth-order valence-electron chi connectivity index (χ4n) is 3.83. The number of fused-ring (bicyclic) bond motifs is 3. The molecule has 0 aliphatic rings. The molecule has 1 amide bonds. The highest BCUT2D eigenvalue weighted by molar-refractivity contribution is 6.06. The van der Waals surface area contributed by atoms with Gasteiger partial charge in [-0.1, -0.05) is 18.2 Å². The summed E-state index contributed by atoms with van der Waals surface area (Å²) in [5.74, 6) is 0.412. The number of para-hydroxylation sites is 1. The second kappa shape index (κ2) is 8.47. The van der Waals surface area contributed by atoms with Gasteiger partial charge >= 0.3 is 0 Å². The molecule has 0 atom stereocenters. The highest BCUT2D eigenvalue weighted by Crippen LogP contribution is 2.28. The number of hydrogen-bond donors (Lipinski definition) is 2. The molecule has 3 heterocycles. The standard InChI is InChI=1S/C22H24N6O3/c1-30-16-11-13(17(21(24)29)22(27-16)31-2)7-5-6-10-28-12-25-18-19(28)14-8-3-4-9-15(14)26-20(18)23/h3-4,8-9,11-12H,5-7,10H2,1-2H3,(H2,23,26)(H2,24,29). The van der Waals surface area contributed by atoms with Crippen LogP contribution in [-0.4, -0.2) is 39.6 Å². The topological polar surface area (TPSA) is 131 Å². The van der Waals surface area contributed by atoms with Crippen molar-refractivity contribution in [1.82, 2.24) is 19.5 Å². The third kappa shape index (κ3) is 3.81. The zero-order chi connectivity index (χ0) is 22.0. The summed E-state index contributed by atoms with van der Waals surface area (Å²) >= 11 is 0. The van der Waals surface area contributed by atoms with E-state index in [1.165, 1.54) is 14.2 Å². The molecule has 0 radical (unpaired) electrons. The van der Waals surface area contributed by atoms with Crippen LogP contribution in [-0.2, 0) is 13.0 Å². The van der Waals surface area contributed by atoms with Gasteiger partial charge in [-0.3, -0.25) is 4.79 Å². The Bertz CT molecular complexity index is 1270. The van der Waals surface area contributed by atoms with Crippen molar-refractivity contribution in [3.05, 3.63) is 47.8 Å². The number of rotatable bonds is 8. The minimum Gasteiger partial charge on any atom is -0.481 e. The van der Waals surface area contributed by atoms with Crippen molar-refractivity contribution in [3.8, 4) is 11.8 Å². The number of nitrogens with zero attached hydrogens (tertiary/aromatic N) is 4. The highest BCUT2D eigenvalue weighted by atomic mass is 16.5. The van der Waals surface area contributed by atoms with Gasteiger partial charge in [0.05, 0.1) is 31.6 Å². The first-order valence-corrected chi connectivity index (χ1v) is 9.94. The van der Waals surface area contributed by atoms with Crippen LogP contribution in [0.4, 0.5) is 5.82 Å². The number of pyridine rings is 2. The van der Waals surface area contributed by atoms with Crippen LogP contribution in [0.1, 0.15) is 28.8 Å². The lowest BCUT2D eigenvalue weighted by molar-refractivity contribution is 0.0995. The van der Waals surface area contributed by atoms with E-state index in [9.17, 15) is 4.79 Å². The van der Waals surface area contributed by atoms with Gasteiger partial charge in [-0.2, -0.15) is 4.98 Å². The van der Waals surface area contributed by atoms with E-state index < -0.39 is 5.91 Å². The Morgan fingerprint density at radius 2 is 1.94 bits per heavy atom. The van der Waals surface area contributed by atoms with Crippen molar-refractivity contribution in [2.75, 3.05) is 20.0 Å². The fraction of sp³-hybridized carbons (Fsp3) is 0.273. The van der Waals surface area contributed by atoms with Crippen LogP contribution in [0.15, 0.2) is 36.7 Å². The number of nitrogen functional groups attached to an aromatic ring is 1. The predicted octanol–water partition coefficient (Wildman–Crippen LogP) is 2.70. The second-order valence-electron chi connectivity index (χ2n) is 7.18. The smallest absolute Gasteiger partial charge is 0.254 e. The molecule has 0 aliphatic carbocycles. The Kier molecular flexibility index (Phi) is 5.57. The third-order valence-electron chi connectivity index (χ3n) is 5.27. The van der Waals surface area contributed by atoms with E-state index in [0.717, 1.165) is 41.4 Å². The molecule has 160 valence electrons. The SMILES string of the molecule is COc1cc(CCCCn2cnc3c(N)nc4ccccc4c32)c(C(N)=O)c(OC)n1. The normalized spacial score (nSPS) is 11.2. The van der Waals surface area contributed by atoms with Crippen molar-refractivity contribution < 1.29 is 14.3 Å². The Morgan fingerprint density at radius 1 is 1.13 bits per heavy atom. The number of anilines is 1. The van der Waals surface area contributed by atoms with E-state index in [1.807, 2.05) is 24.3 Å². The molecular weight excluding hydrogens is 396 g/mol. The Balaban J connectivity index is 1.55. The van der Waals surface area contributed by atoms with Crippen LogP contribution < -0.4 is 20.9 Å². The van der Waals surface area contributed by atoms with Crippen LogP contribution in [0.2, 0.25) is 0 Å². The van der Waals surface area contributed by atoms with Crippen LogP contribution in [0.5, 0.6) is 11.8 Å². The number of carbonyl (C=O) groups is 1. The Morgan fingerprint density at radius 3 is 2.68 bits per heavy atom. The molecule has 1 aromatic carbocycles. The quantitative estimate of drug-likeness (QED) is 0.419. The number of primary amides is 1. The van der Waals surface area contributed by atoms with Crippen LogP contribution in [0.3, 0.4) is 0 Å². The zero-order valence-electron chi connectivity index (χ0n) is 17.5. The van der Waals surface area contributed by atoms with E-state index >= 15 is 0 Å². The summed E-state index contributed by atoms with van der Waals surface area (Å²) in [5, 5.41) is 1.02. The van der Waals surface area contributed by atoms with Crippen LogP contribution in [0, 0.1) is 0 Å². The molecular formula is C22H24N6O3. The summed E-state index contributed by atoms with van der Waals surface area (Å²) in [6.45, 7) is 0.745. The number of ether oxygens (including phenoxy) is 2. The van der Waals surface area contributed by atoms with Gasteiger partial charge in [0, 0.05) is 18.0 Å². The predicted molar refractivity (Wildman–Crippen MR) is 118 cm³/mol. The average Bonchev–Trinajstić information content (AvgIpc) is 3.20. The highest BCUT2D eigenvalue weighted by Gasteiger charge is 2.18. The van der Waals surface area contributed by atoms with Gasteiger partial charge in [0.2, 0.25) is 11.8 Å². The van der Waals surface area contributed by atoms with Crippen molar-refractivity contribution in [1.29, 1.82) is 0 Å². The van der Waals surface area contributed by atoms with E-state index in [1.54, 1.807) is 12.4 Å². The molecule has 0 spiro atoms. The van der Waals surface area contributed by atoms with Gasteiger partial charge in [-0.05, 0) is 30.9 Å². The average molecular weight is 420 g/mol. The number of aryl methyl sites for hydroxylation is 2. The summed E-state index contributed by atoms with van der Waals surface area (Å²) < 4.78 is 12.6. The number of unbranched alkanes of at least 4 members (excludes halogenated alkanes) is 1. The maximum absolute atomic E-state index is 12.0. The van der Waals surface area contributed by atoms with Gasteiger partial charge in [0.15, 0.2) is 5.82 Å². The summed E-state index contributed by atoms with van der Waals surface area (Å²) in [6, 6.07) is 9.62. The number of carbonyl (C=O) groups excluding carboxylic acids is 1. The van der Waals surface area contributed by atoms with E-state index in [0.29, 0.717) is 29.2 Å². The number of nitrogens with two attached hydrogens (primary N) is 2. The van der Waals surface area contributed by atoms with Crippen molar-refractivity contribution in [2.24, 2.45) is 5.73 Å². The van der Waals surface area contributed by atoms with Gasteiger partial charge in [-0.25, -0.2) is 9.97 Å². The van der Waals surface area contributed by atoms with E-state index in [4.69, 9.17) is 20.9 Å². The Hall–Kier alpha value is -3.88. The van der Waals surface area contributed by atoms with Gasteiger partial charge in [0.1, 0.15) is 11.1 Å². The van der Waals surface area contributed by atoms with Crippen molar-refractivity contribution >= 4 is 33.7 Å². The molecule has 4 rings (SSSR count). The van der Waals surface area contributed by atoms with E-state index in [2.05, 4.69) is 19.5 Å². The van der Waals surface area contributed by atoms with Gasteiger partial charge in [0.25, 0.3) is 5.91 Å². The maximum Gasteiger partial charge on any atom is 0.254 e. The van der Waals surface area contributed by atoms with Crippen LogP contribution >= 0.6 is 0 Å². The van der Waals surface area contributed by atoms with E-state index in [-0.39, 0.29) is 5.88 Å². The molecule has 0 unspecified atom stereocenters. The molecule has 31 heavy (non-hydrogen) atoms.